The van der Waals surface area contributed by atoms with E-state index >= 15 is 0 Å². The van der Waals surface area contributed by atoms with E-state index in [0.717, 1.165) is 21.4 Å². The number of nitrogens with zero attached hydrogens (tertiary/aromatic N) is 2. The molecule has 126 valence electrons. The van der Waals surface area contributed by atoms with Crippen LogP contribution in [-0.2, 0) is 0 Å². The monoisotopic (exact) mass is 339 g/mol. The van der Waals surface area contributed by atoms with Crippen LogP contribution in [0.3, 0.4) is 0 Å². The number of benzene rings is 3. The Morgan fingerprint density at radius 3 is 2.15 bits per heavy atom. The number of para-hydroxylation sites is 2. The summed E-state index contributed by atoms with van der Waals surface area (Å²) in [6, 6.07) is 28.9. The molecule has 0 spiro atoms. The van der Waals surface area contributed by atoms with Gasteiger partial charge in [0.2, 0.25) is 0 Å². The molecule has 0 radical (unpaired) electrons. The van der Waals surface area contributed by atoms with Crippen LogP contribution in [0.4, 0.5) is 5.69 Å². The first kappa shape index (κ1) is 15.8. The first-order valence-corrected chi connectivity index (χ1v) is 8.39. The highest BCUT2D eigenvalue weighted by molar-refractivity contribution is 5.88. The van der Waals surface area contributed by atoms with E-state index in [0.29, 0.717) is 16.8 Å². The maximum atomic E-state index is 10.8. The van der Waals surface area contributed by atoms with Crippen LogP contribution in [-0.4, -0.2) is 9.94 Å². The Labute approximate surface area is 151 Å². The molecule has 0 amide bonds. The molecule has 4 rings (SSSR count). The second-order valence-corrected chi connectivity index (χ2v) is 6.06. The van der Waals surface area contributed by atoms with Crippen LogP contribution in [0, 0.1) is 11.3 Å². The maximum Gasteiger partial charge on any atom is 0.103 e. The van der Waals surface area contributed by atoms with Gasteiger partial charge in [0.15, 0.2) is 0 Å². The summed E-state index contributed by atoms with van der Waals surface area (Å²) in [6.45, 7) is 0. The number of fused-ring (bicyclic) bond motifs is 1. The van der Waals surface area contributed by atoms with E-state index in [-0.39, 0.29) is 6.04 Å². The van der Waals surface area contributed by atoms with Gasteiger partial charge in [0.25, 0.3) is 0 Å². The molecule has 3 aromatic carbocycles. The maximum absolute atomic E-state index is 10.8. The third-order valence-electron chi connectivity index (χ3n) is 4.49. The fourth-order valence-corrected chi connectivity index (χ4v) is 3.28. The molecule has 4 nitrogen and oxygen atoms in total. The lowest BCUT2D eigenvalue weighted by Crippen LogP contribution is -2.17. The van der Waals surface area contributed by atoms with Crippen molar-refractivity contribution in [1.82, 2.24) is 4.73 Å². The molecule has 1 aromatic heterocycles. The van der Waals surface area contributed by atoms with E-state index in [1.807, 2.05) is 84.9 Å². The van der Waals surface area contributed by atoms with Crippen LogP contribution in [0.25, 0.3) is 10.9 Å². The Morgan fingerprint density at radius 2 is 1.46 bits per heavy atom. The summed E-state index contributed by atoms with van der Waals surface area (Å²) in [5.74, 6) is 0. The lowest BCUT2D eigenvalue weighted by atomic mass is 9.99. The SMILES string of the molecule is N#Cc1c(C(Nc2ccccc2)c2ccccc2)n(O)c2ccccc12. The normalized spacial score (nSPS) is 11.8. The summed E-state index contributed by atoms with van der Waals surface area (Å²) in [4.78, 5) is 0. The summed E-state index contributed by atoms with van der Waals surface area (Å²) < 4.78 is 1.13. The predicted octanol–water partition coefficient (Wildman–Crippen LogP) is 4.95. The van der Waals surface area contributed by atoms with Crippen molar-refractivity contribution in [2.24, 2.45) is 0 Å². The Hall–Kier alpha value is -3.71. The van der Waals surface area contributed by atoms with Crippen LogP contribution < -0.4 is 5.32 Å². The van der Waals surface area contributed by atoms with Crippen molar-refractivity contribution in [3.63, 3.8) is 0 Å². The van der Waals surface area contributed by atoms with Crippen molar-refractivity contribution in [3.8, 4) is 6.07 Å². The van der Waals surface area contributed by atoms with Crippen LogP contribution in [0.5, 0.6) is 0 Å². The Bertz CT molecular complexity index is 1080. The average Bonchev–Trinajstić information content (AvgIpc) is 2.99. The number of hydrogen-bond donors (Lipinski definition) is 2. The summed E-state index contributed by atoms with van der Waals surface area (Å²) >= 11 is 0. The van der Waals surface area contributed by atoms with Crippen LogP contribution >= 0.6 is 0 Å². The first-order valence-electron chi connectivity index (χ1n) is 8.39. The number of aromatic nitrogens is 1. The van der Waals surface area contributed by atoms with E-state index in [1.165, 1.54) is 0 Å². The summed E-state index contributed by atoms with van der Waals surface area (Å²) in [7, 11) is 0. The van der Waals surface area contributed by atoms with E-state index in [2.05, 4.69) is 11.4 Å². The molecule has 1 unspecified atom stereocenters. The van der Waals surface area contributed by atoms with Gasteiger partial charge in [-0.15, -0.1) is 0 Å². The summed E-state index contributed by atoms with van der Waals surface area (Å²) in [6.07, 6.45) is 0. The molecule has 0 saturated carbocycles. The van der Waals surface area contributed by atoms with Crippen molar-refractivity contribution in [3.05, 3.63) is 102 Å². The molecular weight excluding hydrogens is 322 g/mol. The zero-order valence-electron chi connectivity index (χ0n) is 14.0. The number of rotatable bonds is 4. The van der Waals surface area contributed by atoms with E-state index in [4.69, 9.17) is 0 Å². The van der Waals surface area contributed by atoms with Gasteiger partial charge in [-0.3, -0.25) is 0 Å². The molecule has 0 bridgehead atoms. The molecule has 0 aliphatic heterocycles. The lowest BCUT2D eigenvalue weighted by molar-refractivity contribution is 0.189. The van der Waals surface area contributed by atoms with E-state index in [9.17, 15) is 10.5 Å². The standard InChI is InChI=1S/C22H17N3O/c23-15-19-18-13-7-8-14-20(18)25(26)22(19)21(16-9-3-1-4-10-16)24-17-11-5-2-6-12-17/h1-14,21,24,26H. The zero-order chi connectivity index (χ0) is 17.9. The van der Waals surface area contributed by atoms with Gasteiger partial charge >= 0.3 is 0 Å². The second-order valence-electron chi connectivity index (χ2n) is 6.06. The molecule has 0 aliphatic rings. The zero-order valence-corrected chi connectivity index (χ0v) is 14.0. The smallest absolute Gasteiger partial charge is 0.103 e. The molecule has 4 heteroatoms. The molecule has 4 aromatic rings. The van der Waals surface area contributed by atoms with Gasteiger partial charge in [0.05, 0.1) is 17.1 Å². The van der Waals surface area contributed by atoms with Gasteiger partial charge in [-0.25, -0.2) is 0 Å². The van der Waals surface area contributed by atoms with Crippen molar-refractivity contribution < 1.29 is 5.21 Å². The second kappa shape index (κ2) is 6.66. The molecule has 0 aliphatic carbocycles. The van der Waals surface area contributed by atoms with Crippen molar-refractivity contribution in [2.45, 2.75) is 6.04 Å². The molecule has 1 heterocycles. The first-order chi connectivity index (χ1) is 12.8. The van der Waals surface area contributed by atoms with Gasteiger partial charge in [-0.1, -0.05) is 66.7 Å². The minimum absolute atomic E-state index is 0.370. The van der Waals surface area contributed by atoms with Gasteiger partial charge in [-0.05, 0) is 23.8 Å². The van der Waals surface area contributed by atoms with Gasteiger partial charge < -0.3 is 10.5 Å². The Balaban J connectivity index is 1.94. The lowest BCUT2D eigenvalue weighted by Gasteiger charge is -2.21. The quantitative estimate of drug-likeness (QED) is 0.517. The molecule has 2 N–H and O–H groups in total. The van der Waals surface area contributed by atoms with Crippen molar-refractivity contribution >= 4 is 16.6 Å². The Kier molecular flexibility index (Phi) is 4.04. The highest BCUT2D eigenvalue weighted by Gasteiger charge is 2.26. The van der Waals surface area contributed by atoms with Crippen molar-refractivity contribution in [1.29, 1.82) is 5.26 Å². The largest absolute Gasteiger partial charge is 0.428 e. The number of anilines is 1. The average molecular weight is 339 g/mol. The topological polar surface area (TPSA) is 61.0 Å². The number of nitriles is 1. The van der Waals surface area contributed by atoms with Crippen molar-refractivity contribution in [2.75, 3.05) is 5.32 Å². The van der Waals surface area contributed by atoms with Crippen LogP contribution in [0.1, 0.15) is 22.9 Å². The molecule has 26 heavy (non-hydrogen) atoms. The molecular formula is C22H17N3O. The van der Waals surface area contributed by atoms with Crippen LogP contribution in [0.15, 0.2) is 84.9 Å². The van der Waals surface area contributed by atoms with E-state index < -0.39 is 0 Å². The Morgan fingerprint density at radius 1 is 0.846 bits per heavy atom. The highest BCUT2D eigenvalue weighted by atomic mass is 16.5. The minimum atomic E-state index is -0.370. The highest BCUT2D eigenvalue weighted by Crippen LogP contribution is 2.34. The van der Waals surface area contributed by atoms with Crippen LogP contribution in [0.2, 0.25) is 0 Å². The van der Waals surface area contributed by atoms with Gasteiger partial charge in [0.1, 0.15) is 11.8 Å². The van der Waals surface area contributed by atoms with Gasteiger partial charge in [0, 0.05) is 11.1 Å². The summed E-state index contributed by atoms with van der Waals surface area (Å²) in [5.41, 5.74) is 3.50. The molecule has 0 fully saturated rings. The van der Waals surface area contributed by atoms with E-state index in [1.54, 1.807) is 0 Å². The predicted molar refractivity (Wildman–Crippen MR) is 102 cm³/mol. The fourth-order valence-electron chi connectivity index (χ4n) is 3.28. The third kappa shape index (κ3) is 2.66. The minimum Gasteiger partial charge on any atom is -0.428 e. The number of hydrogen-bond acceptors (Lipinski definition) is 3. The molecule has 1 atom stereocenters. The fraction of sp³-hybridized carbons (Fsp3) is 0.0455. The van der Waals surface area contributed by atoms with Gasteiger partial charge in [-0.2, -0.15) is 9.99 Å². The summed E-state index contributed by atoms with van der Waals surface area (Å²) in [5, 5.41) is 24.8. The number of nitrogens with one attached hydrogen (secondary N) is 1. The third-order valence-corrected chi connectivity index (χ3v) is 4.49. The molecule has 0 saturated heterocycles.